The Morgan fingerprint density at radius 1 is 1.25 bits per heavy atom. The second kappa shape index (κ2) is 4.70. The molecule has 3 nitrogen and oxygen atoms in total. The summed E-state index contributed by atoms with van der Waals surface area (Å²) in [6, 6.07) is 0. The average Bonchev–Trinajstić information content (AvgIpc) is 2.90. The monoisotopic (exact) mass is 237 g/mol. The Labute approximate surface area is 101 Å². The van der Waals surface area contributed by atoms with Crippen molar-refractivity contribution in [1.29, 1.82) is 0 Å². The van der Waals surface area contributed by atoms with Crippen molar-refractivity contribution in [3.05, 3.63) is 11.3 Å². The van der Waals surface area contributed by atoms with Crippen LogP contribution in [0.4, 0.5) is 5.82 Å². The molecule has 0 atom stereocenters. The van der Waals surface area contributed by atoms with Gasteiger partial charge in [-0.05, 0) is 18.8 Å². The molecule has 0 unspecified atom stereocenters. The molecule has 0 amide bonds. The maximum atomic E-state index is 4.37. The molecule has 1 saturated carbocycles. The zero-order valence-electron chi connectivity index (χ0n) is 9.59. The molecule has 1 aliphatic heterocycles. The van der Waals surface area contributed by atoms with Crippen molar-refractivity contribution in [3.8, 4) is 0 Å². The van der Waals surface area contributed by atoms with Gasteiger partial charge in [-0.3, -0.25) is 5.10 Å². The highest BCUT2D eigenvalue weighted by Gasteiger charge is 2.20. The number of rotatable bonds is 3. The van der Waals surface area contributed by atoms with E-state index in [9.17, 15) is 0 Å². The summed E-state index contributed by atoms with van der Waals surface area (Å²) in [5.41, 5.74) is 2.75. The van der Waals surface area contributed by atoms with Gasteiger partial charge in [0.1, 0.15) is 0 Å². The van der Waals surface area contributed by atoms with Crippen molar-refractivity contribution in [2.24, 2.45) is 5.92 Å². The summed E-state index contributed by atoms with van der Waals surface area (Å²) < 4.78 is 0. The second-order valence-corrected chi connectivity index (χ2v) is 5.89. The van der Waals surface area contributed by atoms with E-state index in [4.69, 9.17) is 0 Å². The van der Waals surface area contributed by atoms with Crippen LogP contribution in [0.2, 0.25) is 0 Å². The van der Waals surface area contributed by atoms with E-state index >= 15 is 0 Å². The third kappa shape index (κ3) is 2.08. The molecule has 4 heteroatoms. The molecule has 88 valence electrons. The number of nitrogens with one attached hydrogen (secondary N) is 2. The lowest BCUT2D eigenvalue weighted by Crippen LogP contribution is -2.17. The molecular weight excluding hydrogens is 218 g/mol. The Morgan fingerprint density at radius 3 is 3.00 bits per heavy atom. The fourth-order valence-corrected chi connectivity index (χ4v) is 3.77. The third-order valence-corrected chi connectivity index (χ3v) is 4.71. The highest BCUT2D eigenvalue weighted by molar-refractivity contribution is 7.98. The fraction of sp³-hybridized carbons (Fsp3) is 0.750. The van der Waals surface area contributed by atoms with Gasteiger partial charge in [0.05, 0.1) is 5.69 Å². The van der Waals surface area contributed by atoms with Crippen LogP contribution in [0, 0.1) is 5.92 Å². The first-order valence-corrected chi connectivity index (χ1v) is 7.46. The van der Waals surface area contributed by atoms with Crippen molar-refractivity contribution >= 4 is 17.6 Å². The smallest absolute Gasteiger partial charge is 0.152 e. The zero-order chi connectivity index (χ0) is 10.8. The van der Waals surface area contributed by atoms with Crippen molar-refractivity contribution in [2.45, 2.75) is 43.6 Å². The highest BCUT2D eigenvalue weighted by atomic mass is 32.2. The van der Waals surface area contributed by atoms with Crippen LogP contribution in [0.15, 0.2) is 0 Å². The summed E-state index contributed by atoms with van der Waals surface area (Å²) in [5.74, 6) is 4.22. The summed E-state index contributed by atoms with van der Waals surface area (Å²) in [6.45, 7) is 1.11. The number of thioether (sulfide) groups is 1. The largest absolute Gasteiger partial charge is 0.368 e. The normalized spacial score (nSPS) is 21.0. The van der Waals surface area contributed by atoms with Crippen molar-refractivity contribution in [1.82, 2.24) is 10.2 Å². The lowest BCUT2D eigenvalue weighted by Gasteiger charge is -2.21. The van der Waals surface area contributed by atoms with Gasteiger partial charge in [-0.1, -0.05) is 19.3 Å². The Hall–Kier alpha value is -0.640. The molecule has 16 heavy (non-hydrogen) atoms. The van der Waals surface area contributed by atoms with Crippen molar-refractivity contribution in [3.63, 3.8) is 0 Å². The minimum Gasteiger partial charge on any atom is -0.368 e. The summed E-state index contributed by atoms with van der Waals surface area (Å²) in [5, 5.41) is 11.1. The van der Waals surface area contributed by atoms with Gasteiger partial charge in [-0.2, -0.15) is 16.9 Å². The lowest BCUT2D eigenvalue weighted by atomic mass is 9.89. The number of fused-ring (bicyclic) bond motifs is 1. The first kappa shape index (κ1) is 10.5. The summed E-state index contributed by atoms with van der Waals surface area (Å²) in [4.78, 5) is 0. The molecule has 0 aromatic carbocycles. The molecule has 2 aliphatic rings. The van der Waals surface area contributed by atoms with Gasteiger partial charge in [-0.15, -0.1) is 0 Å². The van der Waals surface area contributed by atoms with Crippen LogP contribution in [0.25, 0.3) is 0 Å². The average molecular weight is 237 g/mol. The number of aromatic nitrogens is 2. The zero-order valence-corrected chi connectivity index (χ0v) is 10.4. The summed E-state index contributed by atoms with van der Waals surface area (Å²) >= 11 is 1.97. The van der Waals surface area contributed by atoms with Crippen LogP contribution in [-0.4, -0.2) is 16.7 Å². The standard InChI is InChI=1S/C12H19N3S/c1-2-4-9(5-3-1)6-13-12-10-7-16-8-11(10)14-15-12/h9H,1-8H2,(H2,13,14,15). The first-order chi connectivity index (χ1) is 7.93. The molecule has 2 N–H and O–H groups in total. The predicted molar refractivity (Wildman–Crippen MR) is 68.7 cm³/mol. The molecule has 1 aromatic heterocycles. The van der Waals surface area contributed by atoms with Crippen LogP contribution >= 0.6 is 11.8 Å². The van der Waals surface area contributed by atoms with Crippen LogP contribution in [0.1, 0.15) is 43.4 Å². The van der Waals surface area contributed by atoms with Crippen LogP contribution in [0.3, 0.4) is 0 Å². The minimum absolute atomic E-state index is 0.871. The molecule has 0 radical (unpaired) electrons. The van der Waals surface area contributed by atoms with Crippen molar-refractivity contribution < 1.29 is 0 Å². The van der Waals surface area contributed by atoms with Crippen LogP contribution in [0.5, 0.6) is 0 Å². The van der Waals surface area contributed by atoms with Crippen molar-refractivity contribution in [2.75, 3.05) is 11.9 Å². The fourth-order valence-electron chi connectivity index (χ4n) is 2.71. The van der Waals surface area contributed by atoms with E-state index in [2.05, 4.69) is 15.5 Å². The molecule has 0 bridgehead atoms. The third-order valence-electron chi connectivity index (χ3n) is 3.73. The predicted octanol–water partition coefficient (Wildman–Crippen LogP) is 3.15. The van der Waals surface area contributed by atoms with Gasteiger partial charge in [0, 0.05) is 23.6 Å². The van der Waals surface area contributed by atoms with E-state index in [0.717, 1.165) is 29.8 Å². The van der Waals surface area contributed by atoms with Crippen LogP contribution < -0.4 is 5.32 Å². The van der Waals surface area contributed by atoms with Gasteiger partial charge < -0.3 is 5.32 Å². The topological polar surface area (TPSA) is 40.7 Å². The number of aromatic amines is 1. The second-order valence-electron chi connectivity index (χ2n) is 4.91. The molecule has 1 aromatic rings. The Balaban J connectivity index is 1.57. The molecule has 0 spiro atoms. The SMILES string of the molecule is C1CCC(CNc2n[nH]c3c2CSC3)CC1. The lowest BCUT2D eigenvalue weighted by molar-refractivity contribution is 0.373. The minimum atomic E-state index is 0.871. The van der Waals surface area contributed by atoms with E-state index in [1.54, 1.807) is 0 Å². The Kier molecular flexibility index (Phi) is 3.09. The number of hydrogen-bond donors (Lipinski definition) is 2. The van der Waals surface area contributed by atoms with Gasteiger partial charge in [-0.25, -0.2) is 0 Å². The molecule has 1 fully saturated rings. The van der Waals surface area contributed by atoms with Gasteiger partial charge in [0.25, 0.3) is 0 Å². The summed E-state index contributed by atoms with van der Waals surface area (Å²) in [6.07, 6.45) is 7.06. The number of anilines is 1. The quantitative estimate of drug-likeness (QED) is 0.848. The van der Waals surface area contributed by atoms with E-state index in [-0.39, 0.29) is 0 Å². The molecule has 3 rings (SSSR count). The van der Waals surface area contributed by atoms with Gasteiger partial charge >= 0.3 is 0 Å². The molecule has 2 heterocycles. The van der Waals surface area contributed by atoms with E-state index in [0.29, 0.717) is 0 Å². The first-order valence-electron chi connectivity index (χ1n) is 6.31. The van der Waals surface area contributed by atoms with E-state index < -0.39 is 0 Å². The number of nitrogens with zero attached hydrogens (tertiary/aromatic N) is 1. The summed E-state index contributed by atoms with van der Waals surface area (Å²) in [7, 11) is 0. The van der Waals surface area contributed by atoms with Crippen LogP contribution in [-0.2, 0) is 11.5 Å². The van der Waals surface area contributed by atoms with E-state index in [1.165, 1.54) is 43.4 Å². The maximum Gasteiger partial charge on any atom is 0.152 e. The van der Waals surface area contributed by atoms with Gasteiger partial charge in [0.2, 0.25) is 0 Å². The molecule has 0 saturated heterocycles. The molecular formula is C12H19N3S. The number of H-pyrrole nitrogens is 1. The van der Waals surface area contributed by atoms with Gasteiger partial charge in [0.15, 0.2) is 5.82 Å². The molecule has 1 aliphatic carbocycles. The Bertz CT molecular complexity index is 355. The number of hydrogen-bond acceptors (Lipinski definition) is 3. The van der Waals surface area contributed by atoms with E-state index in [1.807, 2.05) is 11.8 Å². The maximum absolute atomic E-state index is 4.37. The Morgan fingerprint density at radius 2 is 2.12 bits per heavy atom. The highest BCUT2D eigenvalue weighted by Crippen LogP contribution is 2.33.